The van der Waals surface area contributed by atoms with Crippen LogP contribution >= 0.6 is 0 Å². The quantitative estimate of drug-likeness (QED) is 0.275. The van der Waals surface area contributed by atoms with Crippen LogP contribution in [0.1, 0.15) is 12.5 Å². The zero-order chi connectivity index (χ0) is 17.5. The Morgan fingerprint density at radius 2 is 1.71 bits per heavy atom. The van der Waals surface area contributed by atoms with Gasteiger partial charge in [-0.05, 0) is 41.8 Å². The predicted octanol–water partition coefficient (Wildman–Crippen LogP) is 3.73. The lowest BCUT2D eigenvalue weighted by atomic mass is 10.0. The highest BCUT2D eigenvalue weighted by Gasteiger charge is 2.10. The molecule has 6 nitrogen and oxygen atoms in total. The highest BCUT2D eigenvalue weighted by molar-refractivity contribution is 5.97. The van der Waals surface area contributed by atoms with Crippen LogP contribution in [0.2, 0.25) is 0 Å². The van der Waals surface area contributed by atoms with Crippen LogP contribution in [0, 0.1) is 21.4 Å². The lowest BCUT2D eigenvalue weighted by Crippen LogP contribution is -2.05. The summed E-state index contributed by atoms with van der Waals surface area (Å²) in [5, 5.41) is 19.7. The zero-order valence-corrected chi connectivity index (χ0v) is 12.9. The van der Waals surface area contributed by atoms with Gasteiger partial charge in [-0.2, -0.15) is 5.26 Å². The van der Waals surface area contributed by atoms with Gasteiger partial charge in [0.05, 0.1) is 11.5 Å². The summed E-state index contributed by atoms with van der Waals surface area (Å²) >= 11 is 0. The minimum absolute atomic E-state index is 0.0337. The molecule has 0 saturated carbocycles. The van der Waals surface area contributed by atoms with E-state index in [4.69, 9.17) is 10.00 Å². The third kappa shape index (κ3) is 4.05. The normalized spacial score (nSPS) is 10.8. The van der Waals surface area contributed by atoms with Crippen molar-refractivity contribution >= 4 is 17.7 Å². The molecule has 2 aromatic rings. The second kappa shape index (κ2) is 7.70. The molecule has 0 atom stereocenters. The summed E-state index contributed by atoms with van der Waals surface area (Å²) in [5.41, 5.74) is 2.36. The highest BCUT2D eigenvalue weighted by Crippen LogP contribution is 2.23. The first-order valence-corrected chi connectivity index (χ1v) is 7.19. The molecule has 0 N–H and O–H groups in total. The van der Waals surface area contributed by atoms with Gasteiger partial charge in [-0.25, -0.2) is 4.79 Å². The van der Waals surface area contributed by atoms with Gasteiger partial charge < -0.3 is 4.74 Å². The van der Waals surface area contributed by atoms with Crippen LogP contribution in [-0.2, 0) is 9.53 Å². The van der Waals surface area contributed by atoms with Gasteiger partial charge in [0.15, 0.2) is 0 Å². The molecule has 0 amide bonds. The smallest absolute Gasteiger partial charge is 0.348 e. The fourth-order valence-corrected chi connectivity index (χ4v) is 2.06. The summed E-state index contributed by atoms with van der Waals surface area (Å²) in [6.07, 6.45) is 1.46. The van der Waals surface area contributed by atoms with Gasteiger partial charge >= 0.3 is 5.97 Å². The number of carbonyl (C=O) groups excluding carboxylic acids is 1. The Hall–Kier alpha value is -3.46. The Morgan fingerprint density at radius 1 is 1.17 bits per heavy atom. The molecule has 0 aliphatic rings. The number of rotatable bonds is 5. The first-order chi connectivity index (χ1) is 11.5. The number of carbonyl (C=O) groups is 1. The van der Waals surface area contributed by atoms with E-state index in [0.29, 0.717) is 5.56 Å². The van der Waals surface area contributed by atoms with Gasteiger partial charge in [0, 0.05) is 12.1 Å². The molecule has 0 aliphatic carbocycles. The number of ether oxygens (including phenoxy) is 1. The first-order valence-electron chi connectivity index (χ1n) is 7.19. The molecule has 6 heteroatoms. The molecular weight excluding hydrogens is 308 g/mol. The molecule has 0 radical (unpaired) electrons. The van der Waals surface area contributed by atoms with Crippen molar-refractivity contribution in [1.82, 2.24) is 0 Å². The van der Waals surface area contributed by atoms with Crippen molar-refractivity contribution in [2.75, 3.05) is 6.61 Å². The maximum absolute atomic E-state index is 11.6. The number of nitro benzene ring substituents is 1. The topological polar surface area (TPSA) is 93.2 Å². The standard InChI is InChI=1S/C18H14N2O4/c1-2-24-18(21)16(12-19)11-13-3-5-14(6-4-13)15-7-9-17(10-8-15)20(22)23/h3-11H,2H2,1H3/b16-11+. The van der Waals surface area contributed by atoms with E-state index in [-0.39, 0.29) is 17.9 Å². The van der Waals surface area contributed by atoms with Gasteiger partial charge in [-0.15, -0.1) is 0 Å². The van der Waals surface area contributed by atoms with E-state index in [1.165, 1.54) is 18.2 Å². The Balaban J connectivity index is 2.22. The average molecular weight is 322 g/mol. The van der Waals surface area contributed by atoms with Crippen LogP contribution < -0.4 is 0 Å². The van der Waals surface area contributed by atoms with E-state index in [9.17, 15) is 14.9 Å². The van der Waals surface area contributed by atoms with Crippen molar-refractivity contribution in [2.45, 2.75) is 6.92 Å². The van der Waals surface area contributed by atoms with E-state index in [0.717, 1.165) is 11.1 Å². The number of nitriles is 1. The summed E-state index contributed by atoms with van der Waals surface area (Å²) in [6.45, 7) is 1.88. The number of hydrogen-bond acceptors (Lipinski definition) is 5. The predicted molar refractivity (Wildman–Crippen MR) is 88.8 cm³/mol. The van der Waals surface area contributed by atoms with E-state index >= 15 is 0 Å². The Morgan fingerprint density at radius 3 is 2.17 bits per heavy atom. The van der Waals surface area contributed by atoms with Crippen LogP contribution in [0.4, 0.5) is 5.69 Å². The van der Waals surface area contributed by atoms with Gasteiger partial charge in [-0.3, -0.25) is 10.1 Å². The minimum atomic E-state index is -0.653. The van der Waals surface area contributed by atoms with E-state index < -0.39 is 10.9 Å². The molecule has 0 saturated heterocycles. The van der Waals surface area contributed by atoms with E-state index in [1.54, 1.807) is 31.2 Å². The number of nitrogens with zero attached hydrogens (tertiary/aromatic N) is 2. The summed E-state index contributed by atoms with van der Waals surface area (Å²) < 4.78 is 4.81. The van der Waals surface area contributed by atoms with E-state index in [1.807, 2.05) is 18.2 Å². The average Bonchev–Trinajstić information content (AvgIpc) is 2.60. The SMILES string of the molecule is CCOC(=O)/C(C#N)=C/c1ccc(-c2ccc([N+](=O)[O-])cc2)cc1. The molecule has 120 valence electrons. The maximum atomic E-state index is 11.6. The molecule has 2 aromatic carbocycles. The van der Waals surface area contributed by atoms with Crippen molar-refractivity contribution in [3.8, 4) is 17.2 Å². The molecular formula is C18H14N2O4. The van der Waals surface area contributed by atoms with Crippen LogP contribution in [0.5, 0.6) is 0 Å². The molecule has 0 spiro atoms. The lowest BCUT2D eigenvalue weighted by molar-refractivity contribution is -0.384. The van der Waals surface area contributed by atoms with Gasteiger partial charge in [0.25, 0.3) is 5.69 Å². The van der Waals surface area contributed by atoms with Crippen molar-refractivity contribution < 1.29 is 14.5 Å². The van der Waals surface area contributed by atoms with Crippen molar-refractivity contribution in [3.63, 3.8) is 0 Å². The summed E-state index contributed by atoms with van der Waals surface area (Å²) in [4.78, 5) is 21.8. The van der Waals surface area contributed by atoms with Crippen LogP contribution in [0.25, 0.3) is 17.2 Å². The Kier molecular flexibility index (Phi) is 5.42. The fraction of sp³-hybridized carbons (Fsp3) is 0.111. The van der Waals surface area contributed by atoms with Crippen LogP contribution in [0.3, 0.4) is 0 Å². The number of esters is 1. The van der Waals surface area contributed by atoms with Crippen LogP contribution in [0.15, 0.2) is 54.1 Å². The highest BCUT2D eigenvalue weighted by atomic mass is 16.6. The van der Waals surface area contributed by atoms with Crippen molar-refractivity contribution in [2.24, 2.45) is 0 Å². The minimum Gasteiger partial charge on any atom is -0.462 e. The molecule has 0 bridgehead atoms. The van der Waals surface area contributed by atoms with Crippen molar-refractivity contribution in [1.29, 1.82) is 5.26 Å². The van der Waals surface area contributed by atoms with Gasteiger partial charge in [-0.1, -0.05) is 24.3 Å². The lowest BCUT2D eigenvalue weighted by Gasteiger charge is -2.03. The number of benzene rings is 2. The van der Waals surface area contributed by atoms with Gasteiger partial charge in [0.1, 0.15) is 11.6 Å². The number of nitro groups is 1. The van der Waals surface area contributed by atoms with Gasteiger partial charge in [0.2, 0.25) is 0 Å². The molecule has 0 fully saturated rings. The number of non-ortho nitro benzene ring substituents is 1. The number of hydrogen-bond donors (Lipinski definition) is 0. The largest absolute Gasteiger partial charge is 0.462 e. The van der Waals surface area contributed by atoms with Crippen molar-refractivity contribution in [3.05, 3.63) is 69.8 Å². The molecule has 2 rings (SSSR count). The van der Waals surface area contributed by atoms with E-state index in [2.05, 4.69) is 0 Å². The first kappa shape index (κ1) is 16.9. The Bertz CT molecular complexity index is 816. The third-order valence-electron chi connectivity index (χ3n) is 3.25. The molecule has 24 heavy (non-hydrogen) atoms. The zero-order valence-electron chi connectivity index (χ0n) is 12.9. The molecule has 0 heterocycles. The Labute approximate surface area is 138 Å². The van der Waals surface area contributed by atoms with Crippen LogP contribution in [-0.4, -0.2) is 17.5 Å². The molecule has 0 unspecified atom stereocenters. The second-order valence-electron chi connectivity index (χ2n) is 4.82. The monoisotopic (exact) mass is 322 g/mol. The third-order valence-corrected chi connectivity index (χ3v) is 3.25. The fourth-order valence-electron chi connectivity index (χ4n) is 2.06. The summed E-state index contributed by atoms with van der Waals surface area (Å²) in [5.74, 6) is -0.653. The molecule has 0 aliphatic heterocycles. The maximum Gasteiger partial charge on any atom is 0.348 e. The summed E-state index contributed by atoms with van der Waals surface area (Å²) in [7, 11) is 0. The second-order valence-corrected chi connectivity index (χ2v) is 4.82. The molecule has 0 aromatic heterocycles. The summed E-state index contributed by atoms with van der Waals surface area (Å²) in [6, 6.07) is 15.2.